The Hall–Kier alpha value is -1.04. The summed E-state index contributed by atoms with van der Waals surface area (Å²) in [5, 5.41) is 3.83. The number of hydrogen-bond donors (Lipinski definition) is 1. The number of rotatable bonds is 4. The van der Waals surface area contributed by atoms with Crippen LogP contribution in [0.4, 0.5) is 4.79 Å². The highest BCUT2D eigenvalue weighted by atomic mass is 32.2. The van der Waals surface area contributed by atoms with E-state index in [9.17, 15) is 13.2 Å². The number of carbonyl (C=O) groups is 1. The molecule has 1 aliphatic rings. The Bertz CT molecular complexity index is 429. The minimum atomic E-state index is -3.17. The van der Waals surface area contributed by atoms with Crippen LogP contribution < -0.4 is 5.32 Å². The summed E-state index contributed by atoms with van der Waals surface area (Å²) in [5.74, 6) is 0.315. The van der Waals surface area contributed by atoms with Crippen molar-refractivity contribution >= 4 is 15.9 Å². The first-order valence-electron chi connectivity index (χ1n) is 5.94. The van der Waals surface area contributed by atoms with Crippen molar-refractivity contribution in [2.75, 3.05) is 6.26 Å². The van der Waals surface area contributed by atoms with Gasteiger partial charge in [0.2, 0.25) is 0 Å². The largest absolute Gasteiger partial charge is 0.444 e. The molecule has 18 heavy (non-hydrogen) atoms. The summed E-state index contributed by atoms with van der Waals surface area (Å²) in [7, 11) is -3.17. The van der Waals surface area contributed by atoms with Gasteiger partial charge in [-0.3, -0.25) is 0 Å². The topological polar surface area (TPSA) is 72.5 Å². The van der Waals surface area contributed by atoms with Gasteiger partial charge in [-0.2, -0.15) is 0 Å². The highest BCUT2D eigenvalue weighted by Gasteiger charge is 2.32. The summed E-state index contributed by atoms with van der Waals surface area (Å²) in [5.41, 5.74) is -0.557. The van der Waals surface area contributed by atoms with Crippen LogP contribution in [-0.4, -0.2) is 32.4 Å². The van der Waals surface area contributed by atoms with Gasteiger partial charge < -0.3 is 10.1 Å². The molecule has 0 bridgehead atoms. The fourth-order valence-electron chi connectivity index (χ4n) is 1.45. The molecule has 0 spiro atoms. The monoisotopic (exact) mass is 275 g/mol. The third-order valence-corrected chi connectivity index (χ3v) is 3.00. The lowest BCUT2D eigenvalue weighted by Gasteiger charge is -2.22. The summed E-state index contributed by atoms with van der Waals surface area (Å²) < 4.78 is 27.3. The molecule has 1 amide bonds. The minimum Gasteiger partial charge on any atom is -0.444 e. The van der Waals surface area contributed by atoms with Crippen molar-refractivity contribution in [1.29, 1.82) is 0 Å². The van der Waals surface area contributed by atoms with Crippen LogP contribution >= 0.6 is 0 Å². The molecule has 0 aromatic carbocycles. The molecule has 0 aliphatic heterocycles. The van der Waals surface area contributed by atoms with Gasteiger partial charge in [0.1, 0.15) is 5.60 Å². The zero-order valence-corrected chi connectivity index (χ0v) is 12.1. The summed E-state index contributed by atoms with van der Waals surface area (Å²) in [6.45, 7) is 5.35. The first-order chi connectivity index (χ1) is 8.07. The summed E-state index contributed by atoms with van der Waals surface area (Å²) in [6, 6.07) is -0.269. The molecule has 1 atom stereocenters. The molecule has 5 nitrogen and oxygen atoms in total. The minimum absolute atomic E-state index is 0.269. The standard InChI is InChI=1S/C12H21NO4S/c1-12(2,3)17-11(14)13-10(9-5-6-9)7-8-18(4,15)16/h7-10H,5-6H2,1-4H3,(H,13,14)/b8-7+/t10-/m1/s1. The van der Waals surface area contributed by atoms with Gasteiger partial charge in [-0.25, -0.2) is 13.2 Å². The van der Waals surface area contributed by atoms with Crippen LogP contribution in [0.3, 0.4) is 0 Å². The molecule has 0 aromatic rings. The summed E-state index contributed by atoms with van der Waals surface area (Å²) in [4.78, 5) is 11.6. The number of sulfone groups is 1. The van der Waals surface area contributed by atoms with Crippen molar-refractivity contribution in [2.45, 2.75) is 45.3 Å². The van der Waals surface area contributed by atoms with Crippen molar-refractivity contribution in [3.05, 3.63) is 11.5 Å². The summed E-state index contributed by atoms with van der Waals surface area (Å²) in [6.07, 6.45) is 4.12. The molecule has 0 heterocycles. The van der Waals surface area contributed by atoms with E-state index in [0.717, 1.165) is 24.5 Å². The predicted octanol–water partition coefficient (Wildman–Crippen LogP) is 1.85. The van der Waals surface area contributed by atoms with Gasteiger partial charge in [0.15, 0.2) is 9.84 Å². The van der Waals surface area contributed by atoms with Gasteiger partial charge in [0, 0.05) is 11.7 Å². The van der Waals surface area contributed by atoms with Crippen LogP contribution in [0.5, 0.6) is 0 Å². The number of carbonyl (C=O) groups excluding carboxylic acids is 1. The Morgan fingerprint density at radius 1 is 1.39 bits per heavy atom. The smallest absolute Gasteiger partial charge is 0.408 e. The third kappa shape index (κ3) is 6.64. The van der Waals surface area contributed by atoms with E-state index in [1.54, 1.807) is 20.8 Å². The van der Waals surface area contributed by atoms with Crippen molar-refractivity contribution in [3.63, 3.8) is 0 Å². The highest BCUT2D eigenvalue weighted by molar-refractivity contribution is 7.93. The Balaban J connectivity index is 2.59. The summed E-state index contributed by atoms with van der Waals surface area (Å²) >= 11 is 0. The van der Waals surface area contributed by atoms with Gasteiger partial charge >= 0.3 is 6.09 Å². The molecule has 1 fully saturated rings. The second kappa shape index (κ2) is 5.30. The molecule has 1 rings (SSSR count). The van der Waals surface area contributed by atoms with E-state index in [1.165, 1.54) is 6.08 Å². The lowest BCUT2D eigenvalue weighted by molar-refractivity contribution is 0.0509. The normalized spacial score (nSPS) is 18.7. The van der Waals surface area contributed by atoms with Crippen molar-refractivity contribution in [3.8, 4) is 0 Å². The van der Waals surface area contributed by atoms with Crippen molar-refractivity contribution in [1.82, 2.24) is 5.32 Å². The number of hydrogen-bond acceptors (Lipinski definition) is 4. The predicted molar refractivity (Wildman–Crippen MR) is 69.9 cm³/mol. The van der Waals surface area contributed by atoms with E-state index in [4.69, 9.17) is 4.74 Å². The van der Waals surface area contributed by atoms with Crippen LogP contribution in [0, 0.1) is 5.92 Å². The molecule has 1 N–H and O–H groups in total. The molecule has 0 unspecified atom stereocenters. The SMILES string of the molecule is CC(C)(C)OC(=O)N[C@H](/C=C/S(C)(=O)=O)C1CC1. The zero-order valence-electron chi connectivity index (χ0n) is 11.3. The maximum Gasteiger partial charge on any atom is 0.408 e. The molecule has 1 aliphatic carbocycles. The van der Waals surface area contributed by atoms with Crippen LogP contribution in [0.1, 0.15) is 33.6 Å². The average Bonchev–Trinajstić information content (AvgIpc) is 2.90. The Labute approximate surface area is 109 Å². The molecular formula is C12H21NO4S. The van der Waals surface area contributed by atoms with Crippen molar-refractivity contribution in [2.24, 2.45) is 5.92 Å². The number of amides is 1. The van der Waals surface area contributed by atoms with Gasteiger partial charge in [-0.15, -0.1) is 0 Å². The van der Waals surface area contributed by atoms with Crippen LogP contribution in [0.2, 0.25) is 0 Å². The lowest BCUT2D eigenvalue weighted by Crippen LogP contribution is -2.39. The van der Waals surface area contributed by atoms with Crippen molar-refractivity contribution < 1.29 is 17.9 Å². The first-order valence-corrected chi connectivity index (χ1v) is 7.90. The van der Waals surface area contributed by atoms with E-state index in [-0.39, 0.29) is 6.04 Å². The molecule has 0 saturated heterocycles. The van der Waals surface area contributed by atoms with E-state index in [1.807, 2.05) is 0 Å². The third-order valence-electron chi connectivity index (χ3n) is 2.35. The zero-order chi connectivity index (χ0) is 14.0. The fourth-order valence-corrected chi connectivity index (χ4v) is 1.90. The van der Waals surface area contributed by atoms with E-state index >= 15 is 0 Å². The molecular weight excluding hydrogens is 254 g/mol. The van der Waals surface area contributed by atoms with Gasteiger partial charge in [0.25, 0.3) is 0 Å². The van der Waals surface area contributed by atoms with Crippen LogP contribution in [0.15, 0.2) is 11.5 Å². The highest BCUT2D eigenvalue weighted by Crippen LogP contribution is 2.33. The Kier molecular flexibility index (Phi) is 4.42. The number of nitrogens with one attached hydrogen (secondary N) is 1. The fraction of sp³-hybridized carbons (Fsp3) is 0.750. The second-order valence-corrected chi connectivity index (χ2v) is 7.60. The first kappa shape index (κ1) is 15.0. The van der Waals surface area contributed by atoms with Gasteiger partial charge in [-0.05, 0) is 39.5 Å². The quantitative estimate of drug-likeness (QED) is 0.849. The lowest BCUT2D eigenvalue weighted by atomic mass is 10.2. The maximum absolute atomic E-state index is 11.6. The van der Waals surface area contributed by atoms with Gasteiger partial charge in [-0.1, -0.05) is 6.08 Å². The Morgan fingerprint density at radius 2 is 1.94 bits per heavy atom. The number of alkyl carbamates (subject to hydrolysis) is 1. The van der Waals surface area contributed by atoms with Crippen LogP contribution in [-0.2, 0) is 14.6 Å². The van der Waals surface area contributed by atoms with Crippen LogP contribution in [0.25, 0.3) is 0 Å². The Morgan fingerprint density at radius 3 is 2.33 bits per heavy atom. The molecule has 6 heteroatoms. The molecule has 104 valence electrons. The molecule has 0 radical (unpaired) electrons. The van der Waals surface area contributed by atoms with E-state index < -0.39 is 21.5 Å². The molecule has 0 aromatic heterocycles. The maximum atomic E-state index is 11.6. The molecule has 1 saturated carbocycles. The second-order valence-electron chi connectivity index (χ2n) is 5.67. The number of ether oxygens (including phenoxy) is 1. The van der Waals surface area contributed by atoms with E-state index in [0.29, 0.717) is 5.92 Å². The average molecular weight is 275 g/mol. The van der Waals surface area contributed by atoms with Gasteiger partial charge in [0.05, 0.1) is 6.04 Å². The van der Waals surface area contributed by atoms with E-state index in [2.05, 4.69) is 5.32 Å².